The molecule has 1 amide bonds. The van der Waals surface area contributed by atoms with Gasteiger partial charge in [0, 0.05) is 25.2 Å². The van der Waals surface area contributed by atoms with Crippen LogP contribution in [0.15, 0.2) is 0 Å². The highest BCUT2D eigenvalue weighted by molar-refractivity contribution is 5.78. The van der Waals surface area contributed by atoms with Crippen molar-refractivity contribution in [2.75, 3.05) is 26.2 Å². The van der Waals surface area contributed by atoms with E-state index in [2.05, 4.69) is 29.4 Å². The zero-order chi connectivity index (χ0) is 13.7. The molecule has 1 heterocycles. The Morgan fingerprint density at radius 2 is 2.11 bits per heavy atom. The van der Waals surface area contributed by atoms with Crippen LogP contribution in [0.1, 0.15) is 46.0 Å². The van der Waals surface area contributed by atoms with Crippen LogP contribution >= 0.6 is 0 Å². The van der Waals surface area contributed by atoms with Gasteiger partial charge in [-0.1, -0.05) is 20.3 Å². The maximum Gasteiger partial charge on any atom is 0.234 e. The minimum Gasteiger partial charge on any atom is -0.355 e. The minimum atomic E-state index is 0.191. The second-order valence-corrected chi connectivity index (χ2v) is 6.51. The van der Waals surface area contributed by atoms with Gasteiger partial charge in [-0.3, -0.25) is 9.69 Å². The van der Waals surface area contributed by atoms with Crippen LogP contribution in [0.2, 0.25) is 0 Å². The van der Waals surface area contributed by atoms with Crippen molar-refractivity contribution in [2.45, 2.75) is 58.0 Å². The molecule has 0 aromatic heterocycles. The Labute approximate surface area is 117 Å². The Morgan fingerprint density at radius 1 is 1.32 bits per heavy atom. The summed E-state index contributed by atoms with van der Waals surface area (Å²) in [6, 6.07) is 1.25. The molecule has 2 rings (SSSR count). The highest BCUT2D eigenvalue weighted by Crippen LogP contribution is 2.27. The molecule has 1 aliphatic carbocycles. The van der Waals surface area contributed by atoms with E-state index in [1.807, 2.05) is 0 Å². The summed E-state index contributed by atoms with van der Waals surface area (Å²) in [5.74, 6) is 0.717. The van der Waals surface area contributed by atoms with Crippen molar-refractivity contribution >= 4 is 5.91 Å². The van der Waals surface area contributed by atoms with E-state index in [-0.39, 0.29) is 5.91 Å². The Bertz CT molecular complexity index is 283. The molecule has 110 valence electrons. The molecule has 0 aromatic carbocycles. The predicted molar refractivity (Wildman–Crippen MR) is 78.1 cm³/mol. The fourth-order valence-electron chi connectivity index (χ4n) is 2.70. The Hall–Kier alpha value is -0.610. The van der Waals surface area contributed by atoms with E-state index in [9.17, 15) is 4.79 Å². The third kappa shape index (κ3) is 5.49. The highest BCUT2D eigenvalue weighted by atomic mass is 16.2. The van der Waals surface area contributed by atoms with Crippen LogP contribution < -0.4 is 10.6 Å². The largest absolute Gasteiger partial charge is 0.355 e. The summed E-state index contributed by atoms with van der Waals surface area (Å²) >= 11 is 0. The summed E-state index contributed by atoms with van der Waals surface area (Å²) < 4.78 is 0. The van der Waals surface area contributed by atoms with E-state index in [0.29, 0.717) is 24.5 Å². The number of rotatable bonds is 7. The standard InChI is InChI=1S/C15H29N3O/c1-12(2)9-17-15(19)11-18(14-6-7-14)10-13-5-3-4-8-16-13/h12-14,16H,3-11H2,1-2H3,(H,17,19). The molecule has 0 spiro atoms. The van der Waals surface area contributed by atoms with Crippen molar-refractivity contribution in [1.82, 2.24) is 15.5 Å². The lowest BCUT2D eigenvalue weighted by Crippen LogP contribution is -2.47. The fraction of sp³-hybridized carbons (Fsp3) is 0.933. The third-order valence-corrected chi connectivity index (χ3v) is 3.98. The molecule has 1 saturated heterocycles. The van der Waals surface area contributed by atoms with E-state index in [0.717, 1.165) is 19.6 Å². The first kappa shape index (κ1) is 14.8. The van der Waals surface area contributed by atoms with Crippen LogP contribution in [0.5, 0.6) is 0 Å². The molecule has 4 heteroatoms. The van der Waals surface area contributed by atoms with Crippen molar-refractivity contribution in [3.05, 3.63) is 0 Å². The molecular weight excluding hydrogens is 238 g/mol. The van der Waals surface area contributed by atoms with Gasteiger partial charge in [0.1, 0.15) is 0 Å². The maximum absolute atomic E-state index is 12.0. The smallest absolute Gasteiger partial charge is 0.234 e. The van der Waals surface area contributed by atoms with Crippen molar-refractivity contribution < 1.29 is 4.79 Å². The lowest BCUT2D eigenvalue weighted by molar-refractivity contribution is -0.122. The lowest BCUT2D eigenvalue weighted by atomic mass is 10.0. The van der Waals surface area contributed by atoms with Gasteiger partial charge in [0.25, 0.3) is 0 Å². The lowest BCUT2D eigenvalue weighted by Gasteiger charge is -2.30. The highest BCUT2D eigenvalue weighted by Gasteiger charge is 2.32. The quantitative estimate of drug-likeness (QED) is 0.732. The van der Waals surface area contributed by atoms with Gasteiger partial charge in [0.05, 0.1) is 6.54 Å². The Morgan fingerprint density at radius 3 is 2.68 bits per heavy atom. The Balaban J connectivity index is 1.74. The van der Waals surface area contributed by atoms with Gasteiger partial charge in [0.15, 0.2) is 0 Å². The zero-order valence-electron chi connectivity index (χ0n) is 12.5. The fourth-order valence-corrected chi connectivity index (χ4v) is 2.70. The molecule has 0 aromatic rings. The molecule has 0 radical (unpaired) electrons. The van der Waals surface area contributed by atoms with Crippen LogP contribution in [-0.4, -0.2) is 49.1 Å². The van der Waals surface area contributed by atoms with Gasteiger partial charge in [-0.05, 0) is 38.1 Å². The van der Waals surface area contributed by atoms with Crippen molar-refractivity contribution in [2.24, 2.45) is 5.92 Å². The number of carbonyl (C=O) groups excluding carboxylic acids is 1. The summed E-state index contributed by atoms with van der Waals surface area (Å²) in [6.45, 7) is 7.81. The third-order valence-electron chi connectivity index (χ3n) is 3.98. The van der Waals surface area contributed by atoms with E-state index in [1.54, 1.807) is 0 Å². The summed E-state index contributed by atoms with van der Waals surface area (Å²) in [4.78, 5) is 14.3. The number of carbonyl (C=O) groups is 1. The van der Waals surface area contributed by atoms with Gasteiger partial charge >= 0.3 is 0 Å². The van der Waals surface area contributed by atoms with E-state index < -0.39 is 0 Å². The van der Waals surface area contributed by atoms with Crippen LogP contribution in [0.25, 0.3) is 0 Å². The summed E-state index contributed by atoms with van der Waals surface area (Å²) in [7, 11) is 0. The topological polar surface area (TPSA) is 44.4 Å². The molecular formula is C15H29N3O. The van der Waals surface area contributed by atoms with Crippen LogP contribution in [0, 0.1) is 5.92 Å². The van der Waals surface area contributed by atoms with Gasteiger partial charge < -0.3 is 10.6 Å². The molecule has 2 fully saturated rings. The van der Waals surface area contributed by atoms with Crippen molar-refractivity contribution in [3.8, 4) is 0 Å². The van der Waals surface area contributed by atoms with Gasteiger partial charge in [-0.15, -0.1) is 0 Å². The second kappa shape index (κ2) is 7.25. The van der Waals surface area contributed by atoms with Gasteiger partial charge in [0.2, 0.25) is 5.91 Å². The monoisotopic (exact) mass is 267 g/mol. The van der Waals surface area contributed by atoms with Gasteiger partial charge in [-0.2, -0.15) is 0 Å². The molecule has 4 nitrogen and oxygen atoms in total. The van der Waals surface area contributed by atoms with Crippen LogP contribution in [0.4, 0.5) is 0 Å². The first-order chi connectivity index (χ1) is 9.15. The predicted octanol–water partition coefficient (Wildman–Crippen LogP) is 1.37. The SMILES string of the molecule is CC(C)CNC(=O)CN(CC1CCCCN1)C1CC1. The number of hydrogen-bond donors (Lipinski definition) is 2. The number of nitrogens with zero attached hydrogens (tertiary/aromatic N) is 1. The number of amides is 1. The van der Waals surface area contributed by atoms with E-state index in [4.69, 9.17) is 0 Å². The zero-order valence-corrected chi connectivity index (χ0v) is 12.5. The second-order valence-electron chi connectivity index (χ2n) is 6.51. The summed E-state index contributed by atoms with van der Waals surface area (Å²) in [5, 5.41) is 6.61. The van der Waals surface area contributed by atoms with E-state index in [1.165, 1.54) is 32.1 Å². The van der Waals surface area contributed by atoms with Gasteiger partial charge in [-0.25, -0.2) is 0 Å². The molecule has 2 N–H and O–H groups in total. The number of nitrogens with one attached hydrogen (secondary N) is 2. The Kier molecular flexibility index (Phi) is 5.64. The molecule has 0 bridgehead atoms. The molecule has 1 atom stereocenters. The average Bonchev–Trinajstić information content (AvgIpc) is 3.21. The average molecular weight is 267 g/mol. The van der Waals surface area contributed by atoms with Crippen molar-refractivity contribution in [3.63, 3.8) is 0 Å². The number of piperidine rings is 1. The first-order valence-electron chi connectivity index (χ1n) is 7.89. The molecule has 1 aliphatic heterocycles. The normalized spacial score (nSPS) is 23.9. The summed E-state index contributed by atoms with van der Waals surface area (Å²) in [5.41, 5.74) is 0. The van der Waals surface area contributed by atoms with E-state index >= 15 is 0 Å². The first-order valence-corrected chi connectivity index (χ1v) is 7.89. The minimum absolute atomic E-state index is 0.191. The number of hydrogen-bond acceptors (Lipinski definition) is 3. The molecule has 19 heavy (non-hydrogen) atoms. The van der Waals surface area contributed by atoms with Crippen LogP contribution in [0.3, 0.4) is 0 Å². The van der Waals surface area contributed by atoms with Crippen molar-refractivity contribution in [1.29, 1.82) is 0 Å². The molecule has 1 saturated carbocycles. The maximum atomic E-state index is 12.0. The van der Waals surface area contributed by atoms with Crippen LogP contribution in [-0.2, 0) is 4.79 Å². The molecule has 1 unspecified atom stereocenters. The molecule has 2 aliphatic rings. The summed E-state index contributed by atoms with van der Waals surface area (Å²) in [6.07, 6.45) is 6.43.